The molecule has 0 amide bonds. The molecule has 0 radical (unpaired) electrons. The molecule has 0 spiro atoms. The van der Waals surface area contributed by atoms with Gasteiger partial charge in [0.25, 0.3) is 0 Å². The average molecular weight is 300 g/mol. The number of rotatable bonds is 2. The molecule has 0 saturated heterocycles. The molecule has 0 aliphatic heterocycles. The summed E-state index contributed by atoms with van der Waals surface area (Å²) in [5.74, 6) is 0. The number of nitriles is 1. The van der Waals surface area contributed by atoms with Gasteiger partial charge in [-0.3, -0.25) is 0 Å². The minimum absolute atomic E-state index is 0.632. The minimum atomic E-state index is 0.632. The molecule has 2 heterocycles. The number of nitrogens with zero attached hydrogens (tertiary/aromatic N) is 3. The molecule has 2 rings (SSSR count). The Labute approximate surface area is 104 Å². The van der Waals surface area contributed by atoms with Gasteiger partial charge in [0.15, 0.2) is 5.13 Å². The van der Waals surface area contributed by atoms with Crippen LogP contribution in [0.2, 0.25) is 0 Å². The molecule has 0 saturated carbocycles. The van der Waals surface area contributed by atoms with E-state index >= 15 is 0 Å². The van der Waals surface area contributed by atoms with Gasteiger partial charge in [-0.2, -0.15) is 5.26 Å². The lowest BCUT2D eigenvalue weighted by Gasteiger charge is -2.11. The van der Waals surface area contributed by atoms with Gasteiger partial charge in [-0.1, -0.05) is 11.3 Å². The molecule has 0 aromatic carbocycles. The van der Waals surface area contributed by atoms with Crippen molar-refractivity contribution < 1.29 is 0 Å². The van der Waals surface area contributed by atoms with E-state index in [9.17, 15) is 0 Å². The molecule has 2 aromatic rings. The van der Waals surface area contributed by atoms with Crippen molar-refractivity contribution in [3.05, 3.63) is 27.0 Å². The van der Waals surface area contributed by atoms with Crippen LogP contribution in [0, 0.1) is 11.3 Å². The van der Waals surface area contributed by atoms with Gasteiger partial charge in [0.05, 0.1) is 11.2 Å². The molecule has 76 valence electrons. The first-order valence-corrected chi connectivity index (χ1v) is 6.53. The molecule has 3 nitrogen and oxygen atoms in total. The van der Waals surface area contributed by atoms with Crippen molar-refractivity contribution in [1.29, 1.82) is 5.26 Å². The number of thiophene rings is 1. The van der Waals surface area contributed by atoms with Gasteiger partial charge >= 0.3 is 0 Å². The summed E-state index contributed by atoms with van der Waals surface area (Å²) in [6, 6.07) is 4.11. The quantitative estimate of drug-likeness (QED) is 0.850. The van der Waals surface area contributed by atoms with Crippen LogP contribution in [0.4, 0.5) is 10.1 Å². The molecular weight excluding hydrogens is 294 g/mol. The average Bonchev–Trinajstić information content (AvgIpc) is 2.84. The summed E-state index contributed by atoms with van der Waals surface area (Å²) >= 11 is 6.43. The number of hydrogen-bond acceptors (Lipinski definition) is 5. The van der Waals surface area contributed by atoms with E-state index < -0.39 is 0 Å². The van der Waals surface area contributed by atoms with Crippen LogP contribution in [-0.4, -0.2) is 12.0 Å². The zero-order chi connectivity index (χ0) is 10.8. The van der Waals surface area contributed by atoms with Crippen molar-refractivity contribution in [2.75, 3.05) is 11.9 Å². The lowest BCUT2D eigenvalue weighted by Crippen LogP contribution is -2.06. The summed E-state index contributed by atoms with van der Waals surface area (Å²) in [6.07, 6.45) is 1.60. The van der Waals surface area contributed by atoms with Gasteiger partial charge in [-0.25, -0.2) is 4.98 Å². The number of anilines is 2. The predicted octanol–water partition coefficient (Wildman–Crippen LogP) is 3.61. The summed E-state index contributed by atoms with van der Waals surface area (Å²) < 4.78 is 1.06. The van der Waals surface area contributed by atoms with Crippen molar-refractivity contribution in [3.63, 3.8) is 0 Å². The van der Waals surface area contributed by atoms with Gasteiger partial charge < -0.3 is 4.90 Å². The van der Waals surface area contributed by atoms with Crippen LogP contribution in [-0.2, 0) is 0 Å². The van der Waals surface area contributed by atoms with E-state index in [-0.39, 0.29) is 0 Å². The standard InChI is InChI=1S/C9H6BrN3S2/c1-13(8-2-6(10)5-14-8)9-12-4-7(3-11)15-9/h2,4-5H,1H3. The molecule has 0 aliphatic carbocycles. The highest BCUT2D eigenvalue weighted by molar-refractivity contribution is 9.10. The Balaban J connectivity index is 2.28. The molecule has 0 atom stereocenters. The summed E-state index contributed by atoms with van der Waals surface area (Å²) in [5, 5.41) is 12.7. The first kappa shape index (κ1) is 10.6. The zero-order valence-electron chi connectivity index (χ0n) is 7.77. The van der Waals surface area contributed by atoms with Crippen LogP contribution in [0.3, 0.4) is 0 Å². The summed E-state index contributed by atoms with van der Waals surface area (Å²) in [5.41, 5.74) is 0. The van der Waals surface area contributed by atoms with Crippen molar-refractivity contribution >= 4 is 48.7 Å². The van der Waals surface area contributed by atoms with Crippen LogP contribution in [0.25, 0.3) is 0 Å². The smallest absolute Gasteiger partial charge is 0.191 e. The van der Waals surface area contributed by atoms with Crippen molar-refractivity contribution in [2.45, 2.75) is 0 Å². The van der Waals surface area contributed by atoms with Crippen LogP contribution < -0.4 is 4.90 Å². The Bertz CT molecular complexity index is 511. The van der Waals surface area contributed by atoms with Crippen LogP contribution in [0.15, 0.2) is 22.1 Å². The summed E-state index contributed by atoms with van der Waals surface area (Å²) in [4.78, 5) is 6.79. The highest BCUT2D eigenvalue weighted by atomic mass is 79.9. The largest absolute Gasteiger partial charge is 0.312 e. The molecule has 0 fully saturated rings. The maximum absolute atomic E-state index is 8.70. The fraction of sp³-hybridized carbons (Fsp3) is 0.111. The summed E-state index contributed by atoms with van der Waals surface area (Å²) in [6.45, 7) is 0. The maximum Gasteiger partial charge on any atom is 0.191 e. The third-order valence-corrected chi connectivity index (χ3v) is 4.52. The van der Waals surface area contributed by atoms with E-state index in [1.165, 1.54) is 11.3 Å². The molecular formula is C9H6BrN3S2. The fourth-order valence-corrected chi connectivity index (χ4v) is 3.18. The third kappa shape index (κ3) is 2.20. The SMILES string of the molecule is CN(c1cc(Br)cs1)c1ncc(C#N)s1. The summed E-state index contributed by atoms with van der Waals surface area (Å²) in [7, 11) is 1.94. The fourth-order valence-electron chi connectivity index (χ4n) is 1.04. The lowest BCUT2D eigenvalue weighted by molar-refractivity contribution is 1.19. The van der Waals surface area contributed by atoms with E-state index in [0.717, 1.165) is 14.6 Å². The van der Waals surface area contributed by atoms with Crippen LogP contribution >= 0.6 is 38.6 Å². The van der Waals surface area contributed by atoms with Crippen LogP contribution in [0.1, 0.15) is 4.88 Å². The molecule has 0 unspecified atom stereocenters. The van der Waals surface area contributed by atoms with Gasteiger partial charge in [-0.05, 0) is 22.0 Å². The van der Waals surface area contributed by atoms with Crippen molar-refractivity contribution in [3.8, 4) is 6.07 Å². The first-order valence-electron chi connectivity index (χ1n) is 4.04. The lowest BCUT2D eigenvalue weighted by atomic mass is 10.6. The molecule has 0 aliphatic rings. The van der Waals surface area contributed by atoms with E-state index in [2.05, 4.69) is 27.0 Å². The highest BCUT2D eigenvalue weighted by Gasteiger charge is 2.10. The number of thiazole rings is 1. The van der Waals surface area contributed by atoms with Crippen LogP contribution in [0.5, 0.6) is 0 Å². The highest BCUT2D eigenvalue weighted by Crippen LogP contribution is 2.33. The Morgan fingerprint density at radius 1 is 1.60 bits per heavy atom. The van der Waals surface area contributed by atoms with Gasteiger partial charge in [0.1, 0.15) is 10.9 Å². The molecule has 0 bridgehead atoms. The number of halogens is 1. The predicted molar refractivity (Wildman–Crippen MR) is 66.9 cm³/mol. The van der Waals surface area contributed by atoms with E-state index in [1.807, 2.05) is 23.4 Å². The molecule has 15 heavy (non-hydrogen) atoms. The molecule has 2 aromatic heterocycles. The van der Waals surface area contributed by atoms with Gasteiger partial charge in [-0.15, -0.1) is 11.3 Å². The molecule has 6 heteroatoms. The van der Waals surface area contributed by atoms with Crippen molar-refractivity contribution in [2.24, 2.45) is 0 Å². The van der Waals surface area contributed by atoms with Gasteiger partial charge in [0.2, 0.25) is 0 Å². The second-order valence-electron chi connectivity index (χ2n) is 2.78. The second-order valence-corrected chi connectivity index (χ2v) is 5.60. The minimum Gasteiger partial charge on any atom is -0.312 e. The van der Waals surface area contributed by atoms with Gasteiger partial charge in [0, 0.05) is 16.9 Å². The Morgan fingerprint density at radius 2 is 2.40 bits per heavy atom. The normalized spacial score (nSPS) is 9.93. The third-order valence-electron chi connectivity index (χ3n) is 1.77. The Morgan fingerprint density at radius 3 is 2.93 bits per heavy atom. The second kappa shape index (κ2) is 4.31. The first-order chi connectivity index (χ1) is 7.20. The zero-order valence-corrected chi connectivity index (χ0v) is 11.0. The van der Waals surface area contributed by atoms with E-state index in [1.54, 1.807) is 17.5 Å². The molecule has 0 N–H and O–H groups in total. The number of aromatic nitrogens is 1. The Kier molecular flexibility index (Phi) is 3.05. The topological polar surface area (TPSA) is 39.9 Å². The monoisotopic (exact) mass is 299 g/mol. The van der Waals surface area contributed by atoms with E-state index in [4.69, 9.17) is 5.26 Å². The maximum atomic E-state index is 8.70. The van der Waals surface area contributed by atoms with E-state index in [0.29, 0.717) is 4.88 Å². The van der Waals surface area contributed by atoms with Crippen molar-refractivity contribution in [1.82, 2.24) is 4.98 Å². The number of hydrogen-bond donors (Lipinski definition) is 0. The Hall–Kier alpha value is -0.900.